The Balaban J connectivity index is 1.74. The van der Waals surface area contributed by atoms with Gasteiger partial charge in [-0.05, 0) is 42.2 Å². The summed E-state index contributed by atoms with van der Waals surface area (Å²) in [5.74, 6) is 1.45. The highest BCUT2D eigenvalue weighted by molar-refractivity contribution is 7.99. The van der Waals surface area contributed by atoms with Crippen LogP contribution in [0.1, 0.15) is 25.0 Å². The molecule has 1 amide bonds. The van der Waals surface area contributed by atoms with E-state index in [1.807, 2.05) is 17.7 Å². The average Bonchev–Trinajstić information content (AvgIpc) is 3.12. The Kier molecular flexibility index (Phi) is 7.39. The number of para-hydroxylation sites is 1. The number of amides is 1. The first-order chi connectivity index (χ1) is 14.5. The Morgan fingerprint density at radius 3 is 2.50 bits per heavy atom. The molecule has 0 atom stereocenters. The quantitative estimate of drug-likeness (QED) is 0.495. The van der Waals surface area contributed by atoms with E-state index >= 15 is 0 Å². The first-order valence-electron chi connectivity index (χ1n) is 9.75. The van der Waals surface area contributed by atoms with Gasteiger partial charge in [-0.15, -0.1) is 10.2 Å². The molecule has 3 aromatic rings. The van der Waals surface area contributed by atoms with Crippen LogP contribution in [0.3, 0.4) is 0 Å². The number of aryl methyl sites for hydroxylation is 2. The van der Waals surface area contributed by atoms with Gasteiger partial charge in [0.1, 0.15) is 5.75 Å². The van der Waals surface area contributed by atoms with Crippen LogP contribution in [-0.4, -0.2) is 33.5 Å². The number of benzene rings is 2. The van der Waals surface area contributed by atoms with Crippen molar-refractivity contribution in [3.8, 4) is 17.1 Å². The molecule has 0 aliphatic rings. The molecule has 0 saturated carbocycles. The van der Waals surface area contributed by atoms with Crippen LogP contribution in [0.15, 0.2) is 41.6 Å². The number of hydrogen-bond donors (Lipinski definition) is 1. The van der Waals surface area contributed by atoms with Gasteiger partial charge in [0.05, 0.1) is 18.4 Å². The number of nitrogens with zero attached hydrogens (tertiary/aromatic N) is 3. The van der Waals surface area contributed by atoms with Crippen molar-refractivity contribution in [1.82, 2.24) is 14.8 Å². The lowest BCUT2D eigenvalue weighted by Crippen LogP contribution is -2.17. The highest BCUT2D eigenvalue weighted by atomic mass is 35.5. The van der Waals surface area contributed by atoms with Crippen molar-refractivity contribution < 1.29 is 9.53 Å². The van der Waals surface area contributed by atoms with Crippen LogP contribution in [0.25, 0.3) is 11.4 Å². The van der Waals surface area contributed by atoms with Crippen LogP contribution in [-0.2, 0) is 24.7 Å². The van der Waals surface area contributed by atoms with Gasteiger partial charge in [0, 0.05) is 17.8 Å². The lowest BCUT2D eigenvalue weighted by atomic mass is 10.0. The predicted molar refractivity (Wildman–Crippen MR) is 123 cm³/mol. The maximum atomic E-state index is 12.6. The molecule has 0 saturated heterocycles. The van der Waals surface area contributed by atoms with Gasteiger partial charge < -0.3 is 14.6 Å². The predicted octanol–water partition coefficient (Wildman–Crippen LogP) is 5.00. The van der Waals surface area contributed by atoms with Crippen LogP contribution in [0.2, 0.25) is 5.02 Å². The number of methoxy groups -OCH3 is 1. The molecule has 0 aliphatic heterocycles. The molecule has 1 N–H and O–H groups in total. The molecule has 158 valence electrons. The average molecular weight is 445 g/mol. The molecule has 0 unspecified atom stereocenters. The Hall–Kier alpha value is -2.51. The monoisotopic (exact) mass is 444 g/mol. The highest BCUT2D eigenvalue weighted by Crippen LogP contribution is 2.32. The second-order valence-electron chi connectivity index (χ2n) is 6.71. The maximum Gasteiger partial charge on any atom is 0.234 e. The maximum absolute atomic E-state index is 12.6. The lowest BCUT2D eigenvalue weighted by molar-refractivity contribution is -0.113. The first kappa shape index (κ1) is 22.2. The summed E-state index contributed by atoms with van der Waals surface area (Å²) in [6.07, 6.45) is 1.73. The van der Waals surface area contributed by atoms with E-state index in [0.717, 1.165) is 35.2 Å². The molecule has 0 bridgehead atoms. The van der Waals surface area contributed by atoms with Gasteiger partial charge >= 0.3 is 0 Å². The molecule has 8 heteroatoms. The second kappa shape index (κ2) is 10.00. The van der Waals surface area contributed by atoms with E-state index in [1.54, 1.807) is 25.3 Å². The van der Waals surface area contributed by atoms with Crippen LogP contribution in [0.5, 0.6) is 5.75 Å². The van der Waals surface area contributed by atoms with Crippen molar-refractivity contribution in [3.05, 3.63) is 52.5 Å². The van der Waals surface area contributed by atoms with Crippen molar-refractivity contribution >= 4 is 35.0 Å². The van der Waals surface area contributed by atoms with E-state index in [4.69, 9.17) is 16.3 Å². The zero-order valence-corrected chi connectivity index (χ0v) is 19.1. The van der Waals surface area contributed by atoms with Gasteiger partial charge in [-0.3, -0.25) is 4.79 Å². The third kappa shape index (κ3) is 4.79. The molecule has 1 heterocycles. The standard InChI is InChI=1S/C22H25ClN4O2S/c1-5-14-8-7-9-15(6-2)20(14)24-19(28)13-30-22-26-25-21(27(22)3)17-12-16(23)10-11-18(17)29-4/h7-12H,5-6,13H2,1-4H3,(H,24,28). The van der Waals surface area contributed by atoms with E-state index in [0.29, 0.717) is 21.8 Å². The fraction of sp³-hybridized carbons (Fsp3) is 0.318. The number of ether oxygens (including phenoxy) is 1. The number of rotatable bonds is 8. The minimum atomic E-state index is -0.0690. The minimum absolute atomic E-state index is 0.0690. The molecule has 6 nitrogen and oxygen atoms in total. The molecule has 0 radical (unpaired) electrons. The van der Waals surface area contributed by atoms with Crippen molar-refractivity contribution in [2.45, 2.75) is 31.8 Å². The summed E-state index contributed by atoms with van der Waals surface area (Å²) in [6.45, 7) is 4.18. The number of halogens is 1. The Morgan fingerprint density at radius 2 is 1.87 bits per heavy atom. The summed E-state index contributed by atoms with van der Waals surface area (Å²) in [6, 6.07) is 11.5. The van der Waals surface area contributed by atoms with Gasteiger partial charge in [-0.2, -0.15) is 0 Å². The van der Waals surface area contributed by atoms with Gasteiger partial charge in [0.2, 0.25) is 5.91 Å². The molecular weight excluding hydrogens is 420 g/mol. The number of anilines is 1. The first-order valence-corrected chi connectivity index (χ1v) is 11.1. The molecule has 0 aliphatic carbocycles. The van der Waals surface area contributed by atoms with Crippen molar-refractivity contribution in [1.29, 1.82) is 0 Å². The Bertz CT molecular complexity index is 1030. The number of hydrogen-bond acceptors (Lipinski definition) is 5. The normalized spacial score (nSPS) is 10.8. The van der Waals surface area contributed by atoms with Gasteiger partial charge in [-0.1, -0.05) is 55.4 Å². The zero-order chi connectivity index (χ0) is 21.7. The number of carbonyl (C=O) groups is 1. The van der Waals surface area contributed by atoms with E-state index < -0.39 is 0 Å². The van der Waals surface area contributed by atoms with Crippen molar-refractivity contribution in [2.75, 3.05) is 18.2 Å². The molecule has 1 aromatic heterocycles. The number of carbonyl (C=O) groups excluding carboxylic acids is 1. The summed E-state index contributed by atoms with van der Waals surface area (Å²) >= 11 is 7.48. The Labute approximate surface area is 186 Å². The highest BCUT2D eigenvalue weighted by Gasteiger charge is 2.17. The minimum Gasteiger partial charge on any atom is -0.496 e. The summed E-state index contributed by atoms with van der Waals surface area (Å²) in [4.78, 5) is 12.6. The fourth-order valence-electron chi connectivity index (χ4n) is 3.24. The largest absolute Gasteiger partial charge is 0.496 e. The number of thioether (sulfide) groups is 1. The summed E-state index contributed by atoms with van der Waals surface area (Å²) < 4.78 is 7.25. The molecule has 30 heavy (non-hydrogen) atoms. The van der Waals surface area contributed by atoms with Crippen LogP contribution in [0.4, 0.5) is 5.69 Å². The molecule has 0 fully saturated rings. The van der Waals surface area contributed by atoms with E-state index in [-0.39, 0.29) is 11.7 Å². The van der Waals surface area contributed by atoms with Crippen molar-refractivity contribution in [3.63, 3.8) is 0 Å². The van der Waals surface area contributed by atoms with E-state index in [2.05, 4.69) is 41.5 Å². The van der Waals surface area contributed by atoms with Gasteiger partial charge in [0.15, 0.2) is 11.0 Å². The second-order valence-corrected chi connectivity index (χ2v) is 8.08. The summed E-state index contributed by atoms with van der Waals surface area (Å²) in [5, 5.41) is 12.8. The molecule has 0 spiro atoms. The third-order valence-corrected chi connectivity index (χ3v) is 6.09. The third-order valence-electron chi connectivity index (χ3n) is 4.83. The van der Waals surface area contributed by atoms with Crippen LogP contribution < -0.4 is 10.1 Å². The fourth-order valence-corrected chi connectivity index (χ4v) is 4.12. The Morgan fingerprint density at radius 1 is 1.17 bits per heavy atom. The zero-order valence-electron chi connectivity index (χ0n) is 17.5. The lowest BCUT2D eigenvalue weighted by Gasteiger charge is -2.14. The van der Waals surface area contributed by atoms with Gasteiger partial charge in [0.25, 0.3) is 0 Å². The molecular formula is C22H25ClN4O2S. The summed E-state index contributed by atoms with van der Waals surface area (Å²) in [7, 11) is 3.46. The van der Waals surface area contributed by atoms with E-state index in [9.17, 15) is 4.79 Å². The van der Waals surface area contributed by atoms with Crippen molar-refractivity contribution in [2.24, 2.45) is 7.05 Å². The molecule has 3 rings (SSSR count). The molecule has 2 aromatic carbocycles. The topological polar surface area (TPSA) is 69.0 Å². The van der Waals surface area contributed by atoms with Crippen LogP contribution >= 0.6 is 23.4 Å². The summed E-state index contributed by atoms with van der Waals surface area (Å²) in [5.41, 5.74) is 3.96. The van der Waals surface area contributed by atoms with E-state index in [1.165, 1.54) is 11.8 Å². The smallest absolute Gasteiger partial charge is 0.234 e. The number of aromatic nitrogens is 3. The number of nitrogens with one attached hydrogen (secondary N) is 1. The van der Waals surface area contributed by atoms with Crippen LogP contribution in [0, 0.1) is 0 Å². The van der Waals surface area contributed by atoms with Gasteiger partial charge in [-0.25, -0.2) is 0 Å². The SMILES string of the molecule is CCc1cccc(CC)c1NC(=O)CSc1nnc(-c2cc(Cl)ccc2OC)n1C.